The molecule has 2 heterocycles. The van der Waals surface area contributed by atoms with Gasteiger partial charge in [0.05, 0.1) is 0 Å². The Balaban J connectivity index is 2.13. The molecule has 0 spiro atoms. The van der Waals surface area contributed by atoms with Crippen molar-refractivity contribution in [2.24, 2.45) is 7.05 Å². The molecule has 1 fully saturated rings. The van der Waals surface area contributed by atoms with Crippen molar-refractivity contribution in [1.82, 2.24) is 20.0 Å². The zero-order valence-corrected chi connectivity index (χ0v) is 12.3. The van der Waals surface area contributed by atoms with Gasteiger partial charge in [-0.25, -0.2) is 0 Å². The zero-order chi connectivity index (χ0) is 14.0. The monoisotopic (exact) mass is 264 g/mol. The van der Waals surface area contributed by atoms with Crippen LogP contribution in [0.25, 0.3) is 0 Å². The Morgan fingerprint density at radius 2 is 2.26 bits per heavy atom. The summed E-state index contributed by atoms with van der Waals surface area (Å²) in [5.74, 6) is 0.438. The van der Waals surface area contributed by atoms with Crippen molar-refractivity contribution in [3.8, 4) is 0 Å². The molecule has 0 saturated carbocycles. The van der Waals surface area contributed by atoms with E-state index in [0.717, 1.165) is 31.6 Å². The Labute approximate surface area is 115 Å². The van der Waals surface area contributed by atoms with E-state index in [2.05, 4.69) is 24.3 Å². The molecule has 1 amide bonds. The number of carbonyl (C=O) groups excluding carboxylic acids is 1. The molecule has 1 saturated heterocycles. The minimum Gasteiger partial charge on any atom is -0.336 e. The van der Waals surface area contributed by atoms with Crippen LogP contribution in [-0.4, -0.2) is 46.8 Å². The molecule has 1 aliphatic heterocycles. The standard InChI is InChI=1S/C14H24N4O/c1-10(2)13-8-12(16-17(13)4)14(19)18-7-5-6-11(9-18)15-3/h8,10-11,15H,5-7,9H2,1-4H3. The van der Waals surface area contributed by atoms with E-state index in [0.29, 0.717) is 17.7 Å². The van der Waals surface area contributed by atoms with Gasteiger partial charge in [0.1, 0.15) is 0 Å². The van der Waals surface area contributed by atoms with Crippen LogP contribution < -0.4 is 5.32 Å². The van der Waals surface area contributed by atoms with Crippen LogP contribution in [0.15, 0.2) is 6.07 Å². The van der Waals surface area contributed by atoms with E-state index in [1.54, 1.807) is 0 Å². The van der Waals surface area contributed by atoms with Crippen LogP contribution >= 0.6 is 0 Å². The third-order valence-corrected chi connectivity index (χ3v) is 3.84. The number of nitrogens with one attached hydrogen (secondary N) is 1. The van der Waals surface area contributed by atoms with Gasteiger partial charge in [0.25, 0.3) is 5.91 Å². The fourth-order valence-electron chi connectivity index (χ4n) is 2.69. The Morgan fingerprint density at radius 3 is 2.84 bits per heavy atom. The minimum absolute atomic E-state index is 0.0578. The number of hydrogen-bond donors (Lipinski definition) is 1. The van der Waals surface area contributed by atoms with Gasteiger partial charge in [-0.05, 0) is 31.9 Å². The molecule has 19 heavy (non-hydrogen) atoms. The molecule has 1 aromatic heterocycles. The van der Waals surface area contributed by atoms with Gasteiger partial charge < -0.3 is 10.2 Å². The van der Waals surface area contributed by atoms with Crippen molar-refractivity contribution < 1.29 is 4.79 Å². The molecule has 1 unspecified atom stereocenters. The highest BCUT2D eigenvalue weighted by atomic mass is 16.2. The Hall–Kier alpha value is -1.36. The molecular formula is C14H24N4O. The number of carbonyl (C=O) groups is 1. The van der Waals surface area contributed by atoms with E-state index in [1.165, 1.54) is 0 Å². The Kier molecular flexibility index (Phi) is 4.24. The van der Waals surface area contributed by atoms with Crippen molar-refractivity contribution in [1.29, 1.82) is 0 Å². The van der Waals surface area contributed by atoms with E-state index in [9.17, 15) is 4.79 Å². The number of piperidine rings is 1. The fourth-order valence-corrected chi connectivity index (χ4v) is 2.69. The van der Waals surface area contributed by atoms with Crippen molar-refractivity contribution in [2.75, 3.05) is 20.1 Å². The summed E-state index contributed by atoms with van der Waals surface area (Å²) in [7, 11) is 3.86. The summed E-state index contributed by atoms with van der Waals surface area (Å²) >= 11 is 0. The molecule has 1 atom stereocenters. The number of aryl methyl sites for hydroxylation is 1. The maximum Gasteiger partial charge on any atom is 0.274 e. The van der Waals surface area contributed by atoms with Crippen molar-refractivity contribution in [2.45, 2.75) is 38.6 Å². The minimum atomic E-state index is 0.0578. The maximum absolute atomic E-state index is 12.5. The fraction of sp³-hybridized carbons (Fsp3) is 0.714. The number of nitrogens with zero attached hydrogens (tertiary/aromatic N) is 3. The second-order valence-corrected chi connectivity index (χ2v) is 5.61. The first-order valence-corrected chi connectivity index (χ1v) is 7.03. The van der Waals surface area contributed by atoms with E-state index >= 15 is 0 Å². The smallest absolute Gasteiger partial charge is 0.274 e. The van der Waals surface area contributed by atoms with Gasteiger partial charge in [-0.2, -0.15) is 5.10 Å². The van der Waals surface area contributed by atoms with Gasteiger partial charge >= 0.3 is 0 Å². The summed E-state index contributed by atoms with van der Waals surface area (Å²) in [5.41, 5.74) is 1.67. The molecular weight excluding hydrogens is 240 g/mol. The van der Waals surface area contributed by atoms with Crippen LogP contribution in [0.1, 0.15) is 48.8 Å². The first-order chi connectivity index (χ1) is 9.02. The molecule has 1 N–H and O–H groups in total. The molecule has 1 aromatic rings. The Bertz CT molecular complexity index is 452. The molecule has 0 aromatic carbocycles. The molecule has 5 heteroatoms. The largest absolute Gasteiger partial charge is 0.336 e. The number of aromatic nitrogens is 2. The maximum atomic E-state index is 12.5. The summed E-state index contributed by atoms with van der Waals surface area (Å²) in [4.78, 5) is 14.4. The number of amides is 1. The second kappa shape index (κ2) is 5.74. The van der Waals surface area contributed by atoms with Gasteiger partial charge in [-0.3, -0.25) is 9.48 Å². The van der Waals surface area contributed by atoms with Gasteiger partial charge in [-0.15, -0.1) is 0 Å². The first-order valence-electron chi connectivity index (χ1n) is 7.03. The summed E-state index contributed by atoms with van der Waals surface area (Å²) in [6, 6.07) is 2.33. The van der Waals surface area contributed by atoms with Crippen LogP contribution in [0.5, 0.6) is 0 Å². The lowest BCUT2D eigenvalue weighted by molar-refractivity contribution is 0.0691. The summed E-state index contributed by atoms with van der Waals surface area (Å²) in [5, 5.41) is 7.62. The summed E-state index contributed by atoms with van der Waals surface area (Å²) < 4.78 is 1.82. The molecule has 2 rings (SSSR count). The Morgan fingerprint density at radius 1 is 1.53 bits per heavy atom. The van der Waals surface area contributed by atoms with Crippen LogP contribution in [0.2, 0.25) is 0 Å². The lowest BCUT2D eigenvalue weighted by atomic mass is 10.1. The topological polar surface area (TPSA) is 50.2 Å². The van der Waals surface area contributed by atoms with E-state index < -0.39 is 0 Å². The van der Waals surface area contributed by atoms with E-state index in [-0.39, 0.29) is 5.91 Å². The van der Waals surface area contributed by atoms with Gasteiger partial charge in [0.2, 0.25) is 0 Å². The van der Waals surface area contributed by atoms with Crippen molar-refractivity contribution in [3.05, 3.63) is 17.5 Å². The summed E-state index contributed by atoms with van der Waals surface area (Å²) in [6.07, 6.45) is 2.20. The predicted molar refractivity (Wildman–Crippen MR) is 75.3 cm³/mol. The van der Waals surface area contributed by atoms with Gasteiger partial charge in [-0.1, -0.05) is 13.8 Å². The van der Waals surface area contributed by atoms with Crippen molar-refractivity contribution >= 4 is 5.91 Å². The van der Waals surface area contributed by atoms with E-state index in [4.69, 9.17) is 0 Å². The highest BCUT2D eigenvalue weighted by Crippen LogP contribution is 2.18. The van der Waals surface area contributed by atoms with Crippen LogP contribution in [0.4, 0.5) is 0 Å². The predicted octanol–water partition coefficient (Wildman–Crippen LogP) is 1.37. The molecule has 5 nitrogen and oxygen atoms in total. The van der Waals surface area contributed by atoms with Gasteiger partial charge in [0, 0.05) is 31.9 Å². The van der Waals surface area contributed by atoms with Crippen LogP contribution in [0, 0.1) is 0 Å². The lowest BCUT2D eigenvalue weighted by Gasteiger charge is -2.32. The second-order valence-electron chi connectivity index (χ2n) is 5.61. The third kappa shape index (κ3) is 2.97. The molecule has 0 bridgehead atoms. The average molecular weight is 264 g/mol. The van der Waals surface area contributed by atoms with E-state index in [1.807, 2.05) is 29.7 Å². The summed E-state index contributed by atoms with van der Waals surface area (Å²) in [6.45, 7) is 5.85. The molecule has 1 aliphatic rings. The molecule has 0 radical (unpaired) electrons. The number of likely N-dealkylation sites (tertiary alicyclic amines) is 1. The van der Waals surface area contributed by atoms with Crippen LogP contribution in [-0.2, 0) is 7.05 Å². The number of hydrogen-bond acceptors (Lipinski definition) is 3. The number of rotatable bonds is 3. The molecule has 106 valence electrons. The SMILES string of the molecule is CNC1CCCN(C(=O)c2cc(C(C)C)n(C)n2)C1. The highest BCUT2D eigenvalue weighted by Gasteiger charge is 2.25. The van der Waals surface area contributed by atoms with Crippen molar-refractivity contribution in [3.63, 3.8) is 0 Å². The normalized spacial score (nSPS) is 20.1. The third-order valence-electron chi connectivity index (χ3n) is 3.84. The quantitative estimate of drug-likeness (QED) is 0.897. The molecule has 0 aliphatic carbocycles. The van der Waals surface area contributed by atoms with Crippen LogP contribution in [0.3, 0.4) is 0 Å². The highest BCUT2D eigenvalue weighted by molar-refractivity contribution is 5.92. The lowest BCUT2D eigenvalue weighted by Crippen LogP contribution is -2.47. The zero-order valence-electron chi connectivity index (χ0n) is 12.3. The first kappa shape index (κ1) is 14.1. The number of likely N-dealkylation sites (N-methyl/N-ethyl adjacent to an activating group) is 1. The average Bonchev–Trinajstić information content (AvgIpc) is 2.80. The van der Waals surface area contributed by atoms with Gasteiger partial charge in [0.15, 0.2) is 5.69 Å².